The number of ether oxygens (including phenoxy) is 1. The molecule has 1 aromatic carbocycles. The summed E-state index contributed by atoms with van der Waals surface area (Å²) >= 11 is 0. The number of Topliss-reactive ketones (excluding diaryl/α,β-unsaturated/α-hetero) is 1. The van der Waals surface area contributed by atoms with Gasteiger partial charge in [0.25, 0.3) is 6.47 Å². The number of aromatic hydroxyl groups is 1. The molecule has 200 valence electrons. The maximum atomic E-state index is 11.8. The Morgan fingerprint density at radius 2 is 1.78 bits per heavy atom. The average Bonchev–Trinajstić information content (AvgIpc) is 2.86. The number of nitrogens with one attached hydrogen (secondary N) is 1. The third-order valence-corrected chi connectivity index (χ3v) is 5.31. The fraction of sp³-hybridized carbons (Fsp3) is 0.483. The average molecular weight is 502 g/mol. The van der Waals surface area contributed by atoms with Crippen LogP contribution in [-0.4, -0.2) is 31.5 Å². The van der Waals surface area contributed by atoms with Gasteiger partial charge in [0.15, 0.2) is 5.78 Å². The van der Waals surface area contributed by atoms with Gasteiger partial charge in [0.1, 0.15) is 17.1 Å². The number of carbonyl (C=O) groups excluding carboxylic acids is 2. The summed E-state index contributed by atoms with van der Waals surface area (Å²) in [6.45, 7) is 10.6. The van der Waals surface area contributed by atoms with Crippen molar-refractivity contribution in [2.45, 2.75) is 72.6 Å². The summed E-state index contributed by atoms with van der Waals surface area (Å²) in [5.41, 5.74) is 1.81. The van der Waals surface area contributed by atoms with E-state index in [9.17, 15) is 14.7 Å². The topological polar surface area (TPSA) is 106 Å². The third-order valence-electron chi connectivity index (χ3n) is 5.31. The largest absolute Gasteiger partial charge is 0.507 e. The van der Waals surface area contributed by atoms with Crippen LogP contribution in [0.15, 0.2) is 51.8 Å². The Balaban J connectivity index is 0.000000645. The number of ketones is 1. The zero-order chi connectivity index (χ0) is 27.5. The molecule has 2 N–H and O–H groups in total. The highest BCUT2D eigenvalue weighted by atomic mass is 16.5. The molecule has 0 saturated carbocycles. The minimum Gasteiger partial charge on any atom is -0.507 e. The highest BCUT2D eigenvalue weighted by molar-refractivity contribution is 5.97. The molecule has 0 spiro atoms. The van der Waals surface area contributed by atoms with Gasteiger partial charge < -0.3 is 19.6 Å². The zero-order valence-corrected chi connectivity index (χ0v) is 22.8. The van der Waals surface area contributed by atoms with Crippen LogP contribution in [0.4, 0.5) is 0 Å². The van der Waals surface area contributed by atoms with Crippen LogP contribution in [-0.2, 0) is 16.0 Å². The smallest absolute Gasteiger partial charge is 0.350 e. The van der Waals surface area contributed by atoms with Crippen molar-refractivity contribution in [1.29, 1.82) is 0 Å². The van der Waals surface area contributed by atoms with Gasteiger partial charge >= 0.3 is 5.63 Å². The number of aryl methyl sites for hydroxylation is 2. The number of methoxy groups -OCH3 is 1. The molecule has 7 heteroatoms. The fourth-order valence-corrected chi connectivity index (χ4v) is 3.08. The monoisotopic (exact) mass is 501 g/mol. The van der Waals surface area contributed by atoms with E-state index < -0.39 is 11.4 Å². The van der Waals surface area contributed by atoms with E-state index in [4.69, 9.17) is 9.21 Å². The summed E-state index contributed by atoms with van der Waals surface area (Å²) in [6, 6.07) is 10.2. The van der Waals surface area contributed by atoms with Crippen LogP contribution < -0.4 is 10.9 Å². The maximum absolute atomic E-state index is 11.8. The van der Waals surface area contributed by atoms with E-state index in [2.05, 4.69) is 55.1 Å². The molecule has 7 nitrogen and oxygen atoms in total. The summed E-state index contributed by atoms with van der Waals surface area (Å²) in [7, 11) is 3.13. The van der Waals surface area contributed by atoms with E-state index >= 15 is 0 Å². The van der Waals surface area contributed by atoms with Gasteiger partial charge in [-0.3, -0.25) is 9.59 Å². The molecule has 0 radical (unpaired) electrons. The van der Waals surface area contributed by atoms with Crippen molar-refractivity contribution in [1.82, 2.24) is 5.32 Å². The number of hydrogen-bond donors (Lipinski definition) is 2. The molecule has 2 rings (SSSR count). The van der Waals surface area contributed by atoms with Gasteiger partial charge in [-0.1, -0.05) is 63.6 Å². The van der Waals surface area contributed by atoms with Gasteiger partial charge in [-0.2, -0.15) is 0 Å². The molecule has 36 heavy (non-hydrogen) atoms. The first-order valence-electron chi connectivity index (χ1n) is 12.4. The molecule has 0 aliphatic carbocycles. The molecular formula is C29H43NO6. The second-order valence-corrected chi connectivity index (χ2v) is 8.89. The first-order valence-corrected chi connectivity index (χ1v) is 12.4. The number of benzene rings is 1. The first kappa shape index (κ1) is 32.7. The molecule has 1 atom stereocenters. The van der Waals surface area contributed by atoms with Crippen LogP contribution in [0.1, 0.15) is 86.5 Å². The van der Waals surface area contributed by atoms with Gasteiger partial charge in [0, 0.05) is 25.5 Å². The normalized spacial score (nSPS) is 11.1. The highest BCUT2D eigenvalue weighted by Crippen LogP contribution is 2.25. The highest BCUT2D eigenvalue weighted by Gasteiger charge is 2.19. The van der Waals surface area contributed by atoms with Gasteiger partial charge in [-0.05, 0) is 50.3 Å². The molecule has 0 aliphatic rings. The lowest BCUT2D eigenvalue weighted by molar-refractivity contribution is -0.126. The van der Waals surface area contributed by atoms with Crippen LogP contribution in [0.3, 0.4) is 0 Å². The minimum absolute atomic E-state index is 0.0131. The molecule has 0 saturated heterocycles. The Morgan fingerprint density at radius 1 is 1.17 bits per heavy atom. The number of hydrogen-bond acceptors (Lipinski definition) is 7. The molecule has 0 bridgehead atoms. The van der Waals surface area contributed by atoms with Crippen molar-refractivity contribution in [3.63, 3.8) is 0 Å². The second kappa shape index (κ2) is 18.9. The second-order valence-electron chi connectivity index (χ2n) is 8.89. The lowest BCUT2D eigenvalue weighted by Gasteiger charge is -2.10. The van der Waals surface area contributed by atoms with Crippen LogP contribution in [0.2, 0.25) is 0 Å². The van der Waals surface area contributed by atoms with Crippen molar-refractivity contribution in [2.75, 3.05) is 14.2 Å². The SMILES string of the molecule is CCC(=O)c1c(O)cc(C(C)CC/C=C/NC)oc1=O.COC=O.Cc1ccc(CCC(C)C)cc1. The van der Waals surface area contributed by atoms with Crippen LogP contribution >= 0.6 is 0 Å². The maximum Gasteiger partial charge on any atom is 0.350 e. The number of rotatable bonds is 11. The summed E-state index contributed by atoms with van der Waals surface area (Å²) in [6.07, 6.45) is 8.08. The summed E-state index contributed by atoms with van der Waals surface area (Å²) in [4.78, 5) is 32.3. The lowest BCUT2D eigenvalue weighted by atomic mass is 10.0. The lowest BCUT2D eigenvalue weighted by Crippen LogP contribution is -2.15. The Kier molecular flexibility index (Phi) is 17.2. The summed E-state index contributed by atoms with van der Waals surface area (Å²) < 4.78 is 9.02. The first-order chi connectivity index (χ1) is 17.1. The van der Waals surface area contributed by atoms with E-state index in [-0.39, 0.29) is 23.7 Å². The Bertz CT molecular complexity index is 976. The molecular weight excluding hydrogens is 458 g/mol. The van der Waals surface area contributed by atoms with Crippen molar-refractivity contribution < 1.29 is 23.8 Å². The quantitative estimate of drug-likeness (QED) is 0.290. The molecule has 0 fully saturated rings. The van der Waals surface area contributed by atoms with E-state index in [0.29, 0.717) is 12.2 Å². The van der Waals surface area contributed by atoms with Crippen LogP contribution in [0.5, 0.6) is 5.75 Å². The van der Waals surface area contributed by atoms with Gasteiger partial charge in [-0.15, -0.1) is 0 Å². The van der Waals surface area contributed by atoms with Crippen molar-refractivity contribution >= 4 is 12.3 Å². The van der Waals surface area contributed by atoms with Gasteiger partial charge in [-0.25, -0.2) is 4.79 Å². The van der Waals surface area contributed by atoms with Crippen LogP contribution in [0.25, 0.3) is 0 Å². The predicted molar refractivity (Wildman–Crippen MR) is 145 cm³/mol. The Labute approximate surface area is 215 Å². The molecule has 0 amide bonds. The Morgan fingerprint density at radius 3 is 2.25 bits per heavy atom. The van der Waals surface area contributed by atoms with E-state index in [0.717, 1.165) is 18.8 Å². The van der Waals surface area contributed by atoms with Gasteiger partial charge in [0.05, 0.1) is 7.11 Å². The molecule has 1 aromatic heterocycles. The van der Waals surface area contributed by atoms with E-state index in [1.54, 1.807) is 6.92 Å². The zero-order valence-electron chi connectivity index (χ0n) is 22.8. The summed E-state index contributed by atoms with van der Waals surface area (Å²) in [5, 5.41) is 12.7. The standard InChI is InChI=1S/C15H21NO4.C12H18.C2H4O2/c1-4-11(17)14-12(18)9-13(20-15(14)19)10(2)7-5-6-8-16-3;1-10(2)4-7-12-8-5-11(3)6-9-12;1-4-2-3/h6,8-10,16,18H,4-5,7H2,1-3H3;5-6,8-10H,4,7H2,1-3H3;2H,1H3/b8-6+;;. The van der Waals surface area contributed by atoms with Gasteiger partial charge in [0.2, 0.25) is 0 Å². The molecule has 1 unspecified atom stereocenters. The Hall–Kier alpha value is -3.35. The molecule has 2 aromatic rings. The van der Waals surface area contributed by atoms with Crippen molar-refractivity contribution in [3.8, 4) is 5.75 Å². The predicted octanol–water partition coefficient (Wildman–Crippen LogP) is 5.93. The van der Waals surface area contributed by atoms with Crippen LogP contribution in [0, 0.1) is 12.8 Å². The molecule has 0 aliphatic heterocycles. The minimum atomic E-state index is -0.760. The number of carbonyl (C=O) groups is 2. The summed E-state index contributed by atoms with van der Waals surface area (Å²) in [5.74, 6) is 0.498. The fourth-order valence-electron chi connectivity index (χ4n) is 3.08. The third kappa shape index (κ3) is 13.5. The van der Waals surface area contributed by atoms with E-state index in [1.807, 2.05) is 26.2 Å². The number of allylic oxidation sites excluding steroid dienone is 1. The van der Waals surface area contributed by atoms with E-state index in [1.165, 1.54) is 37.1 Å². The van der Waals surface area contributed by atoms with Crippen molar-refractivity contribution in [2.24, 2.45) is 5.92 Å². The van der Waals surface area contributed by atoms with Crippen molar-refractivity contribution in [3.05, 3.63) is 75.5 Å². The molecule has 1 heterocycles.